The summed E-state index contributed by atoms with van der Waals surface area (Å²) in [6.45, 7) is 4.46. The predicted molar refractivity (Wildman–Crippen MR) is 80.2 cm³/mol. The summed E-state index contributed by atoms with van der Waals surface area (Å²) >= 11 is 6.14. The third kappa shape index (κ3) is 3.41. The first-order chi connectivity index (χ1) is 9.61. The highest BCUT2D eigenvalue weighted by molar-refractivity contribution is 6.33. The molecule has 0 spiro atoms. The fourth-order valence-electron chi connectivity index (χ4n) is 2.30. The summed E-state index contributed by atoms with van der Waals surface area (Å²) in [6.07, 6.45) is 6.03. The molecule has 0 aliphatic carbocycles. The van der Waals surface area contributed by atoms with Gasteiger partial charge in [0.25, 0.3) is 5.69 Å². The number of hydrogen-bond donors (Lipinski definition) is 0. The Labute approximate surface area is 123 Å². The van der Waals surface area contributed by atoms with Crippen LogP contribution in [-0.2, 0) is 0 Å². The maximum atomic E-state index is 10.7. The van der Waals surface area contributed by atoms with Crippen molar-refractivity contribution in [3.8, 4) is 12.3 Å². The average Bonchev–Trinajstić information content (AvgIpc) is 2.45. The number of terminal acetylenes is 1. The number of rotatable bonds is 4. The van der Waals surface area contributed by atoms with Crippen LogP contribution in [-0.4, -0.2) is 42.5 Å². The van der Waals surface area contributed by atoms with E-state index in [-0.39, 0.29) is 5.69 Å². The number of nitro groups is 1. The lowest BCUT2D eigenvalue weighted by Gasteiger charge is -2.36. The van der Waals surface area contributed by atoms with Gasteiger partial charge in [0.05, 0.1) is 15.6 Å². The molecule has 1 aromatic rings. The van der Waals surface area contributed by atoms with Crippen LogP contribution in [0.15, 0.2) is 18.2 Å². The highest BCUT2D eigenvalue weighted by Crippen LogP contribution is 2.30. The lowest BCUT2D eigenvalue weighted by molar-refractivity contribution is -0.384. The van der Waals surface area contributed by atoms with Crippen molar-refractivity contribution in [2.45, 2.75) is 6.42 Å². The number of nitro benzene ring substituents is 1. The molecule has 0 bridgehead atoms. The van der Waals surface area contributed by atoms with Gasteiger partial charge in [-0.25, -0.2) is 0 Å². The molecule has 106 valence electrons. The molecule has 0 N–H and O–H groups in total. The van der Waals surface area contributed by atoms with Crippen LogP contribution in [0.2, 0.25) is 5.02 Å². The van der Waals surface area contributed by atoms with Gasteiger partial charge < -0.3 is 4.90 Å². The molecule has 0 amide bonds. The Balaban J connectivity index is 2.00. The first-order valence-electron chi connectivity index (χ1n) is 6.46. The summed E-state index contributed by atoms with van der Waals surface area (Å²) in [7, 11) is 0. The Morgan fingerprint density at radius 3 is 2.60 bits per heavy atom. The quantitative estimate of drug-likeness (QED) is 0.486. The van der Waals surface area contributed by atoms with Gasteiger partial charge in [0, 0.05) is 51.3 Å². The first-order valence-corrected chi connectivity index (χ1v) is 6.84. The number of non-ortho nitro benzene ring substituents is 1. The Morgan fingerprint density at radius 2 is 2.05 bits per heavy atom. The largest absolute Gasteiger partial charge is 0.368 e. The minimum absolute atomic E-state index is 0.0198. The summed E-state index contributed by atoms with van der Waals surface area (Å²) in [4.78, 5) is 14.7. The summed E-state index contributed by atoms with van der Waals surface area (Å²) in [5, 5.41) is 11.1. The molecule has 1 aliphatic heterocycles. The molecule has 0 saturated carbocycles. The van der Waals surface area contributed by atoms with Gasteiger partial charge in [-0.15, -0.1) is 12.3 Å². The molecule has 1 saturated heterocycles. The highest BCUT2D eigenvalue weighted by Gasteiger charge is 2.19. The second kappa shape index (κ2) is 6.60. The van der Waals surface area contributed by atoms with Crippen LogP contribution in [0.4, 0.5) is 11.4 Å². The Hall–Kier alpha value is -1.77. The van der Waals surface area contributed by atoms with Crippen molar-refractivity contribution in [1.29, 1.82) is 0 Å². The molecular formula is C14H16ClN3O2. The minimum atomic E-state index is -0.437. The molecule has 0 unspecified atom stereocenters. The predicted octanol–water partition coefficient (Wildman–Crippen LogP) is 2.39. The van der Waals surface area contributed by atoms with Crippen LogP contribution in [0.3, 0.4) is 0 Å². The maximum Gasteiger partial charge on any atom is 0.271 e. The van der Waals surface area contributed by atoms with Crippen molar-refractivity contribution >= 4 is 23.0 Å². The molecule has 1 fully saturated rings. The second-order valence-corrected chi connectivity index (χ2v) is 5.08. The Bertz CT molecular complexity index is 534. The number of benzene rings is 1. The standard InChI is InChI=1S/C14H16ClN3O2/c1-2-3-6-16-7-9-17(10-8-16)14-5-4-12(18(19)20)11-13(14)15/h1,4-5,11H,3,6-10H2. The van der Waals surface area contributed by atoms with Gasteiger partial charge in [-0.1, -0.05) is 11.6 Å². The Morgan fingerprint density at radius 1 is 1.35 bits per heavy atom. The van der Waals surface area contributed by atoms with Crippen LogP contribution >= 0.6 is 11.6 Å². The van der Waals surface area contributed by atoms with Crippen LogP contribution in [0.1, 0.15) is 6.42 Å². The maximum absolute atomic E-state index is 10.7. The molecule has 2 rings (SSSR count). The third-order valence-electron chi connectivity index (χ3n) is 3.43. The summed E-state index contributed by atoms with van der Waals surface area (Å²) < 4.78 is 0. The number of nitrogens with zero attached hydrogens (tertiary/aromatic N) is 3. The monoisotopic (exact) mass is 293 g/mol. The zero-order valence-electron chi connectivity index (χ0n) is 11.1. The van der Waals surface area contributed by atoms with Crippen LogP contribution in [0.25, 0.3) is 0 Å². The van der Waals surface area contributed by atoms with Crippen molar-refractivity contribution in [3.63, 3.8) is 0 Å². The van der Waals surface area contributed by atoms with Crippen molar-refractivity contribution in [1.82, 2.24) is 4.90 Å². The first kappa shape index (κ1) is 14.6. The van der Waals surface area contributed by atoms with Crippen molar-refractivity contribution in [2.75, 3.05) is 37.6 Å². The van der Waals surface area contributed by atoms with E-state index in [1.165, 1.54) is 12.1 Å². The lowest BCUT2D eigenvalue weighted by atomic mass is 10.2. The molecule has 6 heteroatoms. The van der Waals surface area contributed by atoms with Crippen LogP contribution in [0, 0.1) is 22.5 Å². The average molecular weight is 294 g/mol. The zero-order chi connectivity index (χ0) is 14.5. The molecular weight excluding hydrogens is 278 g/mol. The molecule has 0 atom stereocenters. The highest BCUT2D eigenvalue weighted by atomic mass is 35.5. The fraction of sp³-hybridized carbons (Fsp3) is 0.429. The molecule has 1 aliphatic rings. The van der Waals surface area contributed by atoms with Crippen molar-refractivity contribution < 1.29 is 4.92 Å². The van der Waals surface area contributed by atoms with Gasteiger partial charge in [0.1, 0.15) is 0 Å². The van der Waals surface area contributed by atoms with E-state index in [4.69, 9.17) is 18.0 Å². The summed E-state index contributed by atoms with van der Waals surface area (Å²) in [5.74, 6) is 2.64. The van der Waals surface area contributed by atoms with Gasteiger partial charge in [0.2, 0.25) is 0 Å². The van der Waals surface area contributed by atoms with Crippen LogP contribution < -0.4 is 4.90 Å². The minimum Gasteiger partial charge on any atom is -0.368 e. The number of halogens is 1. The summed E-state index contributed by atoms with van der Waals surface area (Å²) in [5.41, 5.74) is 0.875. The topological polar surface area (TPSA) is 49.6 Å². The van der Waals surface area contributed by atoms with E-state index in [0.717, 1.165) is 44.8 Å². The fourth-order valence-corrected chi connectivity index (χ4v) is 2.60. The van der Waals surface area contributed by atoms with E-state index in [2.05, 4.69) is 15.7 Å². The molecule has 1 heterocycles. The van der Waals surface area contributed by atoms with Gasteiger partial charge in [-0.05, 0) is 6.07 Å². The van der Waals surface area contributed by atoms with Crippen LogP contribution in [0.5, 0.6) is 0 Å². The molecule has 1 aromatic carbocycles. The number of piperazine rings is 1. The van der Waals surface area contributed by atoms with E-state index < -0.39 is 4.92 Å². The Kier molecular flexibility index (Phi) is 4.83. The normalized spacial score (nSPS) is 15.9. The van der Waals surface area contributed by atoms with Gasteiger partial charge in [-0.2, -0.15) is 0 Å². The van der Waals surface area contributed by atoms with E-state index in [1.807, 2.05) is 0 Å². The molecule has 5 nitrogen and oxygen atoms in total. The van der Waals surface area contributed by atoms with Gasteiger partial charge in [-0.3, -0.25) is 15.0 Å². The van der Waals surface area contributed by atoms with Crippen molar-refractivity contribution in [2.24, 2.45) is 0 Å². The third-order valence-corrected chi connectivity index (χ3v) is 3.73. The summed E-state index contributed by atoms with van der Waals surface area (Å²) in [6, 6.07) is 4.62. The molecule has 20 heavy (non-hydrogen) atoms. The van der Waals surface area contributed by atoms with E-state index in [1.54, 1.807) is 6.07 Å². The lowest BCUT2D eigenvalue weighted by Crippen LogP contribution is -2.46. The number of anilines is 1. The zero-order valence-corrected chi connectivity index (χ0v) is 11.8. The second-order valence-electron chi connectivity index (χ2n) is 4.68. The number of hydrogen-bond acceptors (Lipinski definition) is 4. The van der Waals surface area contributed by atoms with Gasteiger partial charge >= 0.3 is 0 Å². The van der Waals surface area contributed by atoms with Crippen molar-refractivity contribution in [3.05, 3.63) is 33.3 Å². The van der Waals surface area contributed by atoms with E-state index in [9.17, 15) is 10.1 Å². The molecule has 0 aromatic heterocycles. The van der Waals surface area contributed by atoms with E-state index >= 15 is 0 Å². The molecule has 0 radical (unpaired) electrons. The smallest absolute Gasteiger partial charge is 0.271 e. The SMILES string of the molecule is C#CCCN1CCN(c2ccc([N+](=O)[O-])cc2Cl)CC1. The van der Waals surface area contributed by atoms with Gasteiger partial charge in [0.15, 0.2) is 0 Å². The van der Waals surface area contributed by atoms with E-state index in [0.29, 0.717) is 5.02 Å².